The molecule has 2 aromatic carbocycles. The van der Waals surface area contributed by atoms with Crippen LogP contribution >= 0.6 is 15.9 Å². The summed E-state index contributed by atoms with van der Waals surface area (Å²) in [7, 11) is 0. The summed E-state index contributed by atoms with van der Waals surface area (Å²) in [5, 5.41) is 10.4. The second-order valence-corrected chi connectivity index (χ2v) is 5.74. The Bertz CT molecular complexity index is 599. The first-order valence-electron chi connectivity index (χ1n) is 6.11. The van der Waals surface area contributed by atoms with Crippen LogP contribution in [0.4, 0.5) is 4.39 Å². The first kappa shape index (κ1) is 14.2. The highest BCUT2D eigenvalue weighted by atomic mass is 79.9. The van der Waals surface area contributed by atoms with Gasteiger partial charge < -0.3 is 5.11 Å². The Hall–Kier alpha value is -1.19. The molecule has 19 heavy (non-hydrogen) atoms. The van der Waals surface area contributed by atoms with E-state index in [0.717, 1.165) is 21.2 Å². The molecule has 2 aromatic rings. The van der Waals surface area contributed by atoms with Crippen molar-refractivity contribution in [2.75, 3.05) is 0 Å². The smallest absolute Gasteiger partial charge is 0.129 e. The van der Waals surface area contributed by atoms with Crippen LogP contribution in [-0.2, 0) is 0 Å². The predicted molar refractivity (Wildman–Crippen MR) is 78.8 cm³/mol. The molecule has 0 bridgehead atoms. The quantitative estimate of drug-likeness (QED) is 0.857. The molecule has 0 spiro atoms. The van der Waals surface area contributed by atoms with Crippen LogP contribution in [0.3, 0.4) is 0 Å². The van der Waals surface area contributed by atoms with Crippen molar-refractivity contribution < 1.29 is 9.50 Å². The van der Waals surface area contributed by atoms with Gasteiger partial charge in [-0.15, -0.1) is 0 Å². The van der Waals surface area contributed by atoms with Gasteiger partial charge in [0, 0.05) is 10.0 Å². The van der Waals surface area contributed by atoms with E-state index in [2.05, 4.69) is 15.9 Å². The van der Waals surface area contributed by atoms with Crippen LogP contribution in [0.2, 0.25) is 0 Å². The molecule has 1 atom stereocenters. The van der Waals surface area contributed by atoms with Crippen molar-refractivity contribution in [3.8, 4) is 0 Å². The number of rotatable bonds is 2. The molecular formula is C16H16BrFO. The van der Waals surface area contributed by atoms with E-state index >= 15 is 0 Å². The third-order valence-corrected chi connectivity index (χ3v) is 4.14. The normalized spacial score (nSPS) is 12.5. The molecule has 0 amide bonds. The molecule has 0 aromatic heterocycles. The first-order chi connectivity index (χ1) is 8.90. The fourth-order valence-electron chi connectivity index (χ4n) is 2.28. The maximum absolute atomic E-state index is 14.1. The van der Waals surface area contributed by atoms with Crippen molar-refractivity contribution in [1.29, 1.82) is 0 Å². The molecule has 0 aliphatic heterocycles. The van der Waals surface area contributed by atoms with Gasteiger partial charge in [-0.25, -0.2) is 4.39 Å². The second kappa shape index (κ2) is 5.43. The fourth-order valence-corrected chi connectivity index (χ4v) is 2.52. The number of hydrogen-bond acceptors (Lipinski definition) is 1. The van der Waals surface area contributed by atoms with E-state index in [0.29, 0.717) is 11.1 Å². The summed E-state index contributed by atoms with van der Waals surface area (Å²) in [6.45, 7) is 5.61. The zero-order chi connectivity index (χ0) is 14.2. The van der Waals surface area contributed by atoms with Crippen LogP contribution in [0.5, 0.6) is 0 Å². The lowest BCUT2D eigenvalue weighted by molar-refractivity contribution is 0.214. The molecule has 0 saturated heterocycles. The summed E-state index contributed by atoms with van der Waals surface area (Å²) in [4.78, 5) is 0. The standard InChI is InChI=1S/C16H16BrFO/c1-9-6-11(3)15(14(18)7-9)16(19)12-4-5-13(17)10(2)8-12/h4-8,16,19H,1-3H3. The Morgan fingerprint density at radius 1 is 1.05 bits per heavy atom. The van der Waals surface area contributed by atoms with E-state index in [-0.39, 0.29) is 5.82 Å². The minimum Gasteiger partial charge on any atom is -0.384 e. The highest BCUT2D eigenvalue weighted by Gasteiger charge is 2.18. The predicted octanol–water partition coefficient (Wildman–Crippen LogP) is 4.60. The molecule has 1 unspecified atom stereocenters. The maximum Gasteiger partial charge on any atom is 0.129 e. The minimum absolute atomic E-state index is 0.354. The lowest BCUT2D eigenvalue weighted by Gasteiger charge is -2.16. The van der Waals surface area contributed by atoms with Gasteiger partial charge in [-0.05, 0) is 55.2 Å². The van der Waals surface area contributed by atoms with Crippen molar-refractivity contribution in [3.05, 3.63) is 68.4 Å². The van der Waals surface area contributed by atoms with Crippen molar-refractivity contribution in [2.24, 2.45) is 0 Å². The summed E-state index contributed by atoms with van der Waals surface area (Å²) >= 11 is 3.42. The summed E-state index contributed by atoms with van der Waals surface area (Å²) < 4.78 is 15.0. The third-order valence-electron chi connectivity index (χ3n) is 3.25. The topological polar surface area (TPSA) is 20.2 Å². The zero-order valence-corrected chi connectivity index (χ0v) is 12.8. The molecule has 1 N–H and O–H groups in total. The second-order valence-electron chi connectivity index (χ2n) is 4.89. The molecule has 0 aliphatic rings. The van der Waals surface area contributed by atoms with Gasteiger partial charge in [-0.1, -0.05) is 34.1 Å². The average Bonchev–Trinajstić information content (AvgIpc) is 2.31. The molecule has 0 heterocycles. The Balaban J connectivity index is 2.49. The number of benzene rings is 2. The summed E-state index contributed by atoms with van der Waals surface area (Å²) in [5.74, 6) is -0.356. The Morgan fingerprint density at radius 3 is 2.32 bits per heavy atom. The zero-order valence-electron chi connectivity index (χ0n) is 11.2. The van der Waals surface area contributed by atoms with Crippen LogP contribution in [0.25, 0.3) is 0 Å². The molecule has 0 fully saturated rings. The third kappa shape index (κ3) is 2.88. The van der Waals surface area contributed by atoms with Crippen LogP contribution < -0.4 is 0 Å². The number of hydrogen-bond donors (Lipinski definition) is 1. The monoisotopic (exact) mass is 322 g/mol. The van der Waals surface area contributed by atoms with Crippen molar-refractivity contribution >= 4 is 15.9 Å². The van der Waals surface area contributed by atoms with Gasteiger partial charge in [0.25, 0.3) is 0 Å². The molecule has 1 nitrogen and oxygen atoms in total. The van der Waals surface area contributed by atoms with E-state index in [1.165, 1.54) is 6.07 Å². The van der Waals surface area contributed by atoms with Gasteiger partial charge in [-0.3, -0.25) is 0 Å². The van der Waals surface area contributed by atoms with Crippen LogP contribution in [0, 0.1) is 26.6 Å². The SMILES string of the molecule is Cc1cc(C)c(C(O)c2ccc(Br)c(C)c2)c(F)c1. The van der Waals surface area contributed by atoms with Gasteiger partial charge in [0.05, 0.1) is 0 Å². The highest BCUT2D eigenvalue weighted by Crippen LogP contribution is 2.30. The average molecular weight is 323 g/mol. The van der Waals surface area contributed by atoms with Gasteiger partial charge >= 0.3 is 0 Å². The van der Waals surface area contributed by atoms with Crippen LogP contribution in [0.1, 0.15) is 33.9 Å². The minimum atomic E-state index is -0.938. The molecule has 0 aliphatic carbocycles. The Labute approximate surface area is 121 Å². The van der Waals surface area contributed by atoms with Crippen molar-refractivity contribution in [3.63, 3.8) is 0 Å². The van der Waals surface area contributed by atoms with Crippen molar-refractivity contribution in [2.45, 2.75) is 26.9 Å². The van der Waals surface area contributed by atoms with E-state index in [1.807, 2.05) is 39.0 Å². The molecule has 100 valence electrons. The van der Waals surface area contributed by atoms with E-state index < -0.39 is 6.10 Å². The molecule has 0 radical (unpaired) electrons. The number of halogens is 2. The van der Waals surface area contributed by atoms with E-state index in [1.54, 1.807) is 6.07 Å². The molecule has 2 rings (SSSR count). The van der Waals surface area contributed by atoms with Gasteiger partial charge in [0.1, 0.15) is 11.9 Å². The Morgan fingerprint density at radius 2 is 1.74 bits per heavy atom. The maximum atomic E-state index is 14.1. The summed E-state index contributed by atoms with van der Waals surface area (Å²) in [6.07, 6.45) is -0.938. The number of aryl methyl sites for hydroxylation is 3. The van der Waals surface area contributed by atoms with Gasteiger partial charge in [0.2, 0.25) is 0 Å². The van der Waals surface area contributed by atoms with Crippen molar-refractivity contribution in [1.82, 2.24) is 0 Å². The molecular weight excluding hydrogens is 307 g/mol. The van der Waals surface area contributed by atoms with Gasteiger partial charge in [0.15, 0.2) is 0 Å². The highest BCUT2D eigenvalue weighted by molar-refractivity contribution is 9.10. The summed E-state index contributed by atoms with van der Waals surface area (Å²) in [5.41, 5.74) is 3.70. The van der Waals surface area contributed by atoms with E-state index in [4.69, 9.17) is 0 Å². The number of aliphatic hydroxyl groups is 1. The van der Waals surface area contributed by atoms with Crippen LogP contribution in [0.15, 0.2) is 34.8 Å². The van der Waals surface area contributed by atoms with Crippen LogP contribution in [-0.4, -0.2) is 5.11 Å². The van der Waals surface area contributed by atoms with E-state index in [9.17, 15) is 9.50 Å². The lowest BCUT2D eigenvalue weighted by atomic mass is 9.95. The Kier molecular flexibility index (Phi) is 4.07. The largest absolute Gasteiger partial charge is 0.384 e. The molecule has 3 heteroatoms. The van der Waals surface area contributed by atoms with Gasteiger partial charge in [-0.2, -0.15) is 0 Å². The molecule has 0 saturated carbocycles. The summed E-state index contributed by atoms with van der Waals surface area (Å²) in [6, 6.07) is 8.88. The first-order valence-corrected chi connectivity index (χ1v) is 6.90. The lowest BCUT2D eigenvalue weighted by Crippen LogP contribution is -2.06. The fraction of sp³-hybridized carbons (Fsp3) is 0.250. The number of aliphatic hydroxyl groups excluding tert-OH is 1.